The molecule has 2 N–H and O–H groups in total. The van der Waals surface area contributed by atoms with Gasteiger partial charge in [-0.3, -0.25) is 19.4 Å². The van der Waals surface area contributed by atoms with Crippen molar-refractivity contribution in [3.63, 3.8) is 0 Å². The third kappa shape index (κ3) is 4.43. The van der Waals surface area contributed by atoms with E-state index in [1.807, 2.05) is 36.4 Å². The molecule has 0 unspecified atom stereocenters. The molecule has 6 aromatic rings. The van der Waals surface area contributed by atoms with E-state index in [-0.39, 0.29) is 16.8 Å². The van der Waals surface area contributed by atoms with Gasteiger partial charge in [0.25, 0.3) is 11.5 Å². The summed E-state index contributed by atoms with van der Waals surface area (Å²) in [6, 6.07) is 19.6. The number of rotatable bonds is 7. The fraction of sp³-hybridized carbons (Fsp3) is 0.107. The third-order valence-corrected chi connectivity index (χ3v) is 7.22. The SMILES string of the molecule is COCCn1c(=N)c(-c2nc(-c3ccccc3)c(NC(=O)c3ccco3)s2)cc2c(=O)n3ccccc3nc21. The Hall–Kier alpha value is -4.87. The molecule has 0 saturated carbocycles. The fourth-order valence-electron chi connectivity index (χ4n) is 4.33. The number of benzene rings is 1. The van der Waals surface area contributed by atoms with Crippen molar-refractivity contribution in [2.45, 2.75) is 6.54 Å². The van der Waals surface area contributed by atoms with Gasteiger partial charge in [-0.1, -0.05) is 47.7 Å². The van der Waals surface area contributed by atoms with Gasteiger partial charge in [0.2, 0.25) is 0 Å². The number of thiazole rings is 1. The molecule has 0 spiro atoms. The van der Waals surface area contributed by atoms with Crippen LogP contribution in [0.2, 0.25) is 0 Å². The number of anilines is 1. The van der Waals surface area contributed by atoms with Gasteiger partial charge >= 0.3 is 0 Å². The minimum Gasteiger partial charge on any atom is -0.459 e. The molecule has 10 nitrogen and oxygen atoms in total. The quantitative estimate of drug-likeness (QED) is 0.290. The maximum atomic E-state index is 13.5. The topological polar surface area (TPSA) is 128 Å². The zero-order valence-corrected chi connectivity index (χ0v) is 21.6. The lowest BCUT2D eigenvalue weighted by atomic mass is 10.1. The van der Waals surface area contributed by atoms with Gasteiger partial charge in [-0.15, -0.1) is 0 Å². The largest absolute Gasteiger partial charge is 0.459 e. The summed E-state index contributed by atoms with van der Waals surface area (Å²) in [4.78, 5) is 35.9. The second-order valence-corrected chi connectivity index (χ2v) is 9.63. The predicted molar refractivity (Wildman–Crippen MR) is 148 cm³/mol. The number of carbonyl (C=O) groups is 1. The fourth-order valence-corrected chi connectivity index (χ4v) is 5.33. The highest BCUT2D eigenvalue weighted by Gasteiger charge is 2.21. The molecule has 39 heavy (non-hydrogen) atoms. The summed E-state index contributed by atoms with van der Waals surface area (Å²) in [5.74, 6) is -0.250. The second-order valence-electron chi connectivity index (χ2n) is 8.63. The normalized spacial score (nSPS) is 11.3. The van der Waals surface area contributed by atoms with Crippen LogP contribution in [0.3, 0.4) is 0 Å². The molecule has 0 aliphatic rings. The summed E-state index contributed by atoms with van der Waals surface area (Å²) in [5, 5.41) is 13.3. The molecule has 194 valence electrons. The van der Waals surface area contributed by atoms with E-state index in [9.17, 15) is 9.59 Å². The molecular formula is C28H22N6O4S. The lowest BCUT2D eigenvalue weighted by molar-refractivity contribution is 0.0997. The van der Waals surface area contributed by atoms with Gasteiger partial charge in [0, 0.05) is 25.4 Å². The highest BCUT2D eigenvalue weighted by molar-refractivity contribution is 7.19. The van der Waals surface area contributed by atoms with Crippen molar-refractivity contribution < 1.29 is 13.9 Å². The van der Waals surface area contributed by atoms with Gasteiger partial charge in [-0.2, -0.15) is 0 Å². The number of furan rings is 1. The summed E-state index contributed by atoms with van der Waals surface area (Å²) in [5.41, 5.74) is 2.53. The first-order chi connectivity index (χ1) is 19.0. The minimum absolute atomic E-state index is 0.129. The predicted octanol–water partition coefficient (Wildman–Crippen LogP) is 4.41. The van der Waals surface area contributed by atoms with Gasteiger partial charge in [-0.25, -0.2) is 9.97 Å². The molecule has 5 aromatic heterocycles. The molecule has 1 aromatic carbocycles. The maximum Gasteiger partial charge on any atom is 0.292 e. The molecule has 0 saturated heterocycles. The molecule has 0 fully saturated rings. The first-order valence-electron chi connectivity index (χ1n) is 12.0. The monoisotopic (exact) mass is 538 g/mol. The van der Waals surface area contributed by atoms with E-state index in [4.69, 9.17) is 24.5 Å². The van der Waals surface area contributed by atoms with Crippen LogP contribution in [-0.4, -0.2) is 38.6 Å². The first kappa shape index (κ1) is 24.5. The molecule has 0 atom stereocenters. The highest BCUT2D eigenvalue weighted by atomic mass is 32.1. The van der Waals surface area contributed by atoms with Crippen molar-refractivity contribution in [1.29, 1.82) is 5.41 Å². The zero-order chi connectivity index (χ0) is 26.9. The second kappa shape index (κ2) is 10.1. The van der Waals surface area contributed by atoms with Gasteiger partial charge in [0.1, 0.15) is 32.5 Å². The number of aromatic nitrogens is 4. The molecular weight excluding hydrogens is 516 g/mol. The Balaban J connectivity index is 1.58. The summed E-state index contributed by atoms with van der Waals surface area (Å²) < 4.78 is 13.7. The summed E-state index contributed by atoms with van der Waals surface area (Å²) in [6.45, 7) is 0.636. The van der Waals surface area contributed by atoms with Gasteiger partial charge in [0.15, 0.2) is 5.76 Å². The van der Waals surface area contributed by atoms with Gasteiger partial charge in [0.05, 0.1) is 23.8 Å². The molecule has 0 aliphatic heterocycles. The van der Waals surface area contributed by atoms with Crippen molar-refractivity contribution in [1.82, 2.24) is 18.9 Å². The van der Waals surface area contributed by atoms with E-state index in [0.717, 1.165) is 5.56 Å². The average molecular weight is 539 g/mol. The summed E-state index contributed by atoms with van der Waals surface area (Å²) in [6.07, 6.45) is 3.10. The number of nitrogens with zero attached hydrogens (tertiary/aromatic N) is 4. The number of hydrogen-bond donors (Lipinski definition) is 2. The zero-order valence-electron chi connectivity index (χ0n) is 20.7. The van der Waals surface area contributed by atoms with Crippen molar-refractivity contribution in [3.8, 4) is 21.8 Å². The van der Waals surface area contributed by atoms with Crippen LogP contribution < -0.4 is 16.4 Å². The smallest absolute Gasteiger partial charge is 0.292 e. The number of ether oxygens (including phenoxy) is 1. The Labute approximate surface area is 225 Å². The van der Waals surface area contributed by atoms with Crippen LogP contribution in [0.1, 0.15) is 10.6 Å². The highest BCUT2D eigenvalue weighted by Crippen LogP contribution is 2.37. The van der Waals surface area contributed by atoms with E-state index < -0.39 is 5.91 Å². The van der Waals surface area contributed by atoms with E-state index in [1.54, 1.807) is 48.2 Å². The van der Waals surface area contributed by atoms with E-state index in [0.29, 0.717) is 51.1 Å². The third-order valence-electron chi connectivity index (χ3n) is 6.21. The Kier molecular flexibility index (Phi) is 6.35. The number of nitrogens with one attached hydrogen (secondary N) is 2. The van der Waals surface area contributed by atoms with Crippen LogP contribution >= 0.6 is 11.3 Å². The average Bonchev–Trinajstić information content (AvgIpc) is 3.64. The van der Waals surface area contributed by atoms with Crippen molar-refractivity contribution in [2.24, 2.45) is 0 Å². The molecule has 6 rings (SSSR count). The van der Waals surface area contributed by atoms with Crippen LogP contribution in [0.5, 0.6) is 0 Å². The van der Waals surface area contributed by atoms with E-state index in [1.165, 1.54) is 22.0 Å². The number of carbonyl (C=O) groups excluding carboxylic acids is 1. The van der Waals surface area contributed by atoms with Gasteiger partial charge in [-0.05, 0) is 30.3 Å². The number of methoxy groups -OCH3 is 1. The van der Waals surface area contributed by atoms with Crippen molar-refractivity contribution in [3.05, 3.63) is 101 Å². The summed E-state index contributed by atoms with van der Waals surface area (Å²) >= 11 is 1.22. The molecule has 0 radical (unpaired) electrons. The van der Waals surface area contributed by atoms with Crippen molar-refractivity contribution >= 4 is 38.9 Å². The number of hydrogen-bond acceptors (Lipinski definition) is 8. The standard InChI is InChI=1S/C28H22N6O4S/c1-37-15-13-34-23(29)18(16-19-24(34)30-21-11-5-6-12-33(21)28(19)36)26-31-22(17-8-3-2-4-9-17)27(39-26)32-25(35)20-10-7-14-38-20/h2-12,14,16,29H,13,15H2,1H3,(H,32,35). The molecule has 0 aliphatic carbocycles. The molecule has 11 heteroatoms. The summed E-state index contributed by atoms with van der Waals surface area (Å²) in [7, 11) is 1.58. The lowest BCUT2D eigenvalue weighted by Crippen LogP contribution is -2.28. The van der Waals surface area contributed by atoms with E-state index >= 15 is 0 Å². The van der Waals surface area contributed by atoms with Gasteiger partial charge < -0.3 is 19.0 Å². The van der Waals surface area contributed by atoms with Crippen molar-refractivity contribution in [2.75, 3.05) is 19.0 Å². The van der Waals surface area contributed by atoms with E-state index in [2.05, 4.69) is 5.32 Å². The Morgan fingerprint density at radius 2 is 1.92 bits per heavy atom. The van der Waals surface area contributed by atoms with Crippen LogP contribution in [0.15, 0.2) is 88.4 Å². The van der Waals surface area contributed by atoms with Crippen LogP contribution in [0.25, 0.3) is 38.5 Å². The van der Waals surface area contributed by atoms with Crippen LogP contribution in [0, 0.1) is 5.41 Å². The minimum atomic E-state index is -0.416. The van der Waals surface area contributed by atoms with Crippen LogP contribution in [-0.2, 0) is 11.3 Å². The number of pyridine rings is 2. The number of amides is 1. The molecule has 1 amide bonds. The maximum absolute atomic E-state index is 13.5. The van der Waals surface area contributed by atoms with Crippen LogP contribution in [0.4, 0.5) is 5.00 Å². The Bertz CT molecular complexity index is 1940. The number of fused-ring (bicyclic) bond motifs is 2. The molecule has 5 heterocycles. The Morgan fingerprint density at radius 3 is 2.69 bits per heavy atom. The lowest BCUT2D eigenvalue weighted by Gasteiger charge is -2.13. The molecule has 0 bridgehead atoms. The first-order valence-corrected chi connectivity index (χ1v) is 12.9. The Morgan fingerprint density at radius 1 is 1.10 bits per heavy atom.